The van der Waals surface area contributed by atoms with E-state index in [2.05, 4.69) is 27.3 Å². The molecule has 0 saturated heterocycles. The van der Waals surface area contributed by atoms with Crippen LogP contribution in [0, 0.1) is 11.3 Å². The van der Waals surface area contributed by atoms with E-state index in [0.29, 0.717) is 26.5 Å². The Labute approximate surface area is 136 Å². The van der Waals surface area contributed by atoms with E-state index in [1.807, 2.05) is 12.1 Å². The highest BCUT2D eigenvalue weighted by Crippen LogP contribution is 2.37. The summed E-state index contributed by atoms with van der Waals surface area (Å²) >= 11 is 9.32. The van der Waals surface area contributed by atoms with Crippen LogP contribution in [0.2, 0.25) is 5.02 Å². The van der Waals surface area contributed by atoms with Crippen LogP contribution in [0.3, 0.4) is 0 Å². The third kappa shape index (κ3) is 3.41. The van der Waals surface area contributed by atoms with Gasteiger partial charge >= 0.3 is 0 Å². The molecule has 0 radical (unpaired) electrons. The number of hydrogen-bond donors (Lipinski definition) is 2. The lowest BCUT2D eigenvalue weighted by Gasteiger charge is -2.16. The molecule has 0 bridgehead atoms. The molecular formula is C15H12BrClN2O2. The highest BCUT2D eigenvalue weighted by atomic mass is 79.9. The summed E-state index contributed by atoms with van der Waals surface area (Å²) < 4.78 is 5.55. The Morgan fingerprint density at radius 3 is 2.71 bits per heavy atom. The van der Waals surface area contributed by atoms with Crippen LogP contribution in [-0.4, -0.2) is 12.2 Å². The standard InChI is InChI=1S/C15H12BrClN2O2/c1-21-14-7-9(6-10(16)15(14)20)13(8-18)19-12-5-3-2-4-11(12)17/h2-7,13,19-20H,1H3. The van der Waals surface area contributed by atoms with Crippen molar-refractivity contribution < 1.29 is 9.84 Å². The molecule has 108 valence electrons. The van der Waals surface area contributed by atoms with Crippen molar-refractivity contribution >= 4 is 33.2 Å². The average molecular weight is 368 g/mol. The molecule has 1 atom stereocenters. The summed E-state index contributed by atoms with van der Waals surface area (Å²) in [7, 11) is 1.45. The van der Waals surface area contributed by atoms with Crippen molar-refractivity contribution in [3.8, 4) is 17.6 Å². The van der Waals surface area contributed by atoms with Gasteiger partial charge in [0.1, 0.15) is 6.04 Å². The van der Waals surface area contributed by atoms with E-state index >= 15 is 0 Å². The fourth-order valence-corrected chi connectivity index (χ4v) is 2.49. The molecule has 0 aliphatic rings. The molecule has 0 saturated carbocycles. The van der Waals surface area contributed by atoms with E-state index in [1.54, 1.807) is 24.3 Å². The summed E-state index contributed by atoms with van der Waals surface area (Å²) in [6, 6.07) is 12.0. The monoisotopic (exact) mass is 366 g/mol. The number of nitriles is 1. The van der Waals surface area contributed by atoms with Crippen molar-refractivity contribution in [3.63, 3.8) is 0 Å². The molecule has 0 aromatic heterocycles. The van der Waals surface area contributed by atoms with Crippen LogP contribution in [-0.2, 0) is 0 Å². The van der Waals surface area contributed by atoms with Crippen molar-refractivity contribution in [3.05, 3.63) is 51.5 Å². The molecule has 2 aromatic carbocycles. The third-order valence-corrected chi connectivity index (χ3v) is 3.84. The zero-order valence-corrected chi connectivity index (χ0v) is 13.4. The number of aromatic hydroxyl groups is 1. The molecule has 2 rings (SSSR count). The number of anilines is 1. The fourth-order valence-electron chi connectivity index (χ4n) is 1.84. The maximum atomic E-state index is 9.81. The molecule has 2 aromatic rings. The number of hydrogen-bond acceptors (Lipinski definition) is 4. The number of methoxy groups -OCH3 is 1. The number of phenolic OH excluding ortho intramolecular Hbond substituents is 1. The molecule has 0 aliphatic heterocycles. The summed E-state index contributed by atoms with van der Waals surface area (Å²) in [5.74, 6) is 0.288. The van der Waals surface area contributed by atoms with E-state index in [0.717, 1.165) is 0 Å². The Bertz CT molecular complexity index is 701. The fraction of sp³-hybridized carbons (Fsp3) is 0.133. The predicted octanol–water partition coefficient (Wildman–Crippen LogP) is 4.49. The van der Waals surface area contributed by atoms with Crippen LogP contribution in [0.15, 0.2) is 40.9 Å². The zero-order chi connectivity index (χ0) is 15.4. The minimum atomic E-state index is -0.629. The number of halogens is 2. The maximum Gasteiger partial charge on any atom is 0.172 e. The summed E-state index contributed by atoms with van der Waals surface area (Å²) in [5.41, 5.74) is 1.31. The first-order valence-electron chi connectivity index (χ1n) is 6.04. The second-order valence-electron chi connectivity index (χ2n) is 4.24. The van der Waals surface area contributed by atoms with Crippen molar-refractivity contribution in [2.45, 2.75) is 6.04 Å². The van der Waals surface area contributed by atoms with Gasteiger partial charge in [0.25, 0.3) is 0 Å². The molecular weight excluding hydrogens is 356 g/mol. The smallest absolute Gasteiger partial charge is 0.172 e. The summed E-state index contributed by atoms with van der Waals surface area (Å²) in [6.07, 6.45) is 0. The molecule has 4 nitrogen and oxygen atoms in total. The van der Waals surface area contributed by atoms with Crippen LogP contribution in [0.4, 0.5) is 5.69 Å². The van der Waals surface area contributed by atoms with Gasteiger partial charge in [-0.25, -0.2) is 0 Å². The van der Waals surface area contributed by atoms with Gasteiger partial charge in [-0.05, 0) is 45.8 Å². The Morgan fingerprint density at radius 1 is 1.38 bits per heavy atom. The van der Waals surface area contributed by atoms with E-state index in [4.69, 9.17) is 16.3 Å². The van der Waals surface area contributed by atoms with Gasteiger partial charge in [-0.1, -0.05) is 23.7 Å². The lowest BCUT2D eigenvalue weighted by Crippen LogP contribution is -2.09. The van der Waals surface area contributed by atoms with Gasteiger partial charge in [-0.15, -0.1) is 0 Å². The van der Waals surface area contributed by atoms with Crippen LogP contribution in [0.25, 0.3) is 0 Å². The highest BCUT2D eigenvalue weighted by molar-refractivity contribution is 9.10. The zero-order valence-electron chi connectivity index (χ0n) is 11.1. The van der Waals surface area contributed by atoms with Gasteiger partial charge in [0.15, 0.2) is 11.5 Å². The van der Waals surface area contributed by atoms with Crippen LogP contribution in [0.5, 0.6) is 11.5 Å². The minimum absolute atomic E-state index is 0.00400. The molecule has 0 spiro atoms. The predicted molar refractivity (Wildman–Crippen MR) is 85.8 cm³/mol. The molecule has 0 fully saturated rings. The maximum absolute atomic E-state index is 9.81. The summed E-state index contributed by atoms with van der Waals surface area (Å²) in [4.78, 5) is 0. The number of phenols is 1. The number of nitrogens with zero attached hydrogens (tertiary/aromatic N) is 1. The second kappa shape index (κ2) is 6.70. The first-order valence-corrected chi connectivity index (χ1v) is 7.21. The van der Waals surface area contributed by atoms with E-state index < -0.39 is 6.04 Å². The quantitative estimate of drug-likeness (QED) is 0.835. The molecule has 6 heteroatoms. The normalized spacial score (nSPS) is 11.5. The average Bonchev–Trinajstić information content (AvgIpc) is 2.49. The molecule has 0 heterocycles. The molecule has 0 aliphatic carbocycles. The van der Waals surface area contributed by atoms with Crippen molar-refractivity contribution in [2.24, 2.45) is 0 Å². The van der Waals surface area contributed by atoms with Gasteiger partial charge in [0, 0.05) is 0 Å². The minimum Gasteiger partial charge on any atom is -0.503 e. The van der Waals surface area contributed by atoms with Gasteiger partial charge in [-0.3, -0.25) is 0 Å². The highest BCUT2D eigenvalue weighted by Gasteiger charge is 2.16. The lowest BCUT2D eigenvalue weighted by molar-refractivity contribution is 0.371. The van der Waals surface area contributed by atoms with Crippen molar-refractivity contribution in [1.82, 2.24) is 0 Å². The summed E-state index contributed by atoms with van der Waals surface area (Å²) in [5, 5.41) is 22.8. The first-order chi connectivity index (χ1) is 10.1. The molecule has 1 unspecified atom stereocenters. The van der Waals surface area contributed by atoms with E-state index in [-0.39, 0.29) is 5.75 Å². The van der Waals surface area contributed by atoms with Gasteiger partial charge in [-0.2, -0.15) is 5.26 Å². The molecule has 21 heavy (non-hydrogen) atoms. The number of rotatable bonds is 4. The van der Waals surface area contributed by atoms with Crippen LogP contribution < -0.4 is 10.1 Å². The van der Waals surface area contributed by atoms with Crippen LogP contribution in [0.1, 0.15) is 11.6 Å². The molecule has 2 N–H and O–H groups in total. The Balaban J connectivity index is 2.37. The molecule has 0 amide bonds. The van der Waals surface area contributed by atoms with Crippen molar-refractivity contribution in [2.75, 3.05) is 12.4 Å². The number of ether oxygens (including phenoxy) is 1. The van der Waals surface area contributed by atoms with Gasteiger partial charge in [0.05, 0.1) is 28.4 Å². The third-order valence-electron chi connectivity index (χ3n) is 2.91. The van der Waals surface area contributed by atoms with Crippen LogP contribution >= 0.6 is 27.5 Å². The lowest BCUT2D eigenvalue weighted by atomic mass is 10.1. The largest absolute Gasteiger partial charge is 0.503 e. The Kier molecular flexibility index (Phi) is 4.94. The second-order valence-corrected chi connectivity index (χ2v) is 5.50. The van der Waals surface area contributed by atoms with E-state index in [9.17, 15) is 10.4 Å². The Hall–Kier alpha value is -1.90. The van der Waals surface area contributed by atoms with Gasteiger partial charge < -0.3 is 15.2 Å². The number of nitrogens with one attached hydrogen (secondary N) is 1. The van der Waals surface area contributed by atoms with E-state index in [1.165, 1.54) is 7.11 Å². The Morgan fingerprint density at radius 2 is 2.10 bits per heavy atom. The SMILES string of the molecule is COc1cc(C(C#N)Nc2ccccc2Cl)cc(Br)c1O. The number of para-hydroxylation sites is 1. The first kappa shape index (κ1) is 15.5. The van der Waals surface area contributed by atoms with Gasteiger partial charge in [0.2, 0.25) is 0 Å². The van der Waals surface area contributed by atoms with Crippen molar-refractivity contribution in [1.29, 1.82) is 5.26 Å². The number of benzene rings is 2. The summed E-state index contributed by atoms with van der Waals surface area (Å²) in [6.45, 7) is 0. The topological polar surface area (TPSA) is 65.3 Å².